The highest BCUT2D eigenvalue weighted by Gasteiger charge is 2.23. The van der Waals surface area contributed by atoms with Crippen LogP contribution in [-0.2, 0) is 10.0 Å². The maximum atomic E-state index is 12.2. The molecular formula is C13H19ClN2O2S. The lowest BCUT2D eigenvalue weighted by molar-refractivity contribution is 0.217. The summed E-state index contributed by atoms with van der Waals surface area (Å²) in [5.74, 6) is 0. The van der Waals surface area contributed by atoms with Crippen LogP contribution in [0.4, 0.5) is 0 Å². The zero-order valence-corrected chi connectivity index (χ0v) is 12.5. The van der Waals surface area contributed by atoms with Crippen LogP contribution in [-0.4, -0.2) is 39.0 Å². The Morgan fingerprint density at radius 2 is 1.84 bits per heavy atom. The maximum Gasteiger partial charge on any atom is 0.240 e. The molecule has 2 rings (SSSR count). The van der Waals surface area contributed by atoms with E-state index in [4.69, 9.17) is 11.6 Å². The highest BCUT2D eigenvalue weighted by atomic mass is 35.5. The molecule has 1 heterocycles. The number of hydrogen-bond donors (Lipinski definition) is 1. The molecule has 0 amide bonds. The van der Waals surface area contributed by atoms with Crippen molar-refractivity contribution in [2.45, 2.75) is 30.7 Å². The van der Waals surface area contributed by atoms with E-state index in [-0.39, 0.29) is 10.9 Å². The van der Waals surface area contributed by atoms with Crippen LogP contribution in [0.5, 0.6) is 0 Å². The van der Waals surface area contributed by atoms with Gasteiger partial charge in [-0.15, -0.1) is 0 Å². The first-order valence-electron chi connectivity index (χ1n) is 6.51. The van der Waals surface area contributed by atoms with Crippen molar-refractivity contribution in [1.82, 2.24) is 9.62 Å². The van der Waals surface area contributed by atoms with Gasteiger partial charge in [-0.05, 0) is 56.7 Å². The van der Waals surface area contributed by atoms with E-state index in [1.54, 1.807) is 12.1 Å². The van der Waals surface area contributed by atoms with Crippen LogP contribution in [0.1, 0.15) is 19.8 Å². The molecule has 1 saturated heterocycles. The molecule has 4 nitrogen and oxygen atoms in total. The lowest BCUT2D eigenvalue weighted by Gasteiger charge is -2.31. The Balaban J connectivity index is 2.00. The predicted molar refractivity (Wildman–Crippen MR) is 76.9 cm³/mol. The van der Waals surface area contributed by atoms with Crippen LogP contribution < -0.4 is 4.72 Å². The minimum absolute atomic E-state index is 0.0310. The van der Waals surface area contributed by atoms with Crippen molar-refractivity contribution in [3.63, 3.8) is 0 Å². The Kier molecular flexibility index (Phi) is 4.84. The molecule has 0 saturated carbocycles. The van der Waals surface area contributed by atoms with Gasteiger partial charge in [-0.3, -0.25) is 0 Å². The van der Waals surface area contributed by atoms with Gasteiger partial charge in [-0.1, -0.05) is 18.5 Å². The van der Waals surface area contributed by atoms with Gasteiger partial charge in [-0.2, -0.15) is 0 Å². The summed E-state index contributed by atoms with van der Waals surface area (Å²) in [7, 11) is -3.43. The average molecular weight is 303 g/mol. The lowest BCUT2D eigenvalue weighted by atomic mass is 10.1. The summed E-state index contributed by atoms with van der Waals surface area (Å²) in [6.07, 6.45) is 1.72. The Hall–Kier alpha value is -0.620. The molecule has 0 aromatic heterocycles. The fourth-order valence-electron chi connectivity index (χ4n) is 2.27. The first-order valence-corrected chi connectivity index (χ1v) is 8.37. The van der Waals surface area contributed by atoms with Crippen molar-refractivity contribution < 1.29 is 8.42 Å². The standard InChI is InChI=1S/C13H19ClN2O2S/c1-2-16-9-7-12(8-10-16)15-19(17,18)13-5-3-11(14)4-6-13/h3-6,12,15H,2,7-10H2,1H3. The van der Waals surface area contributed by atoms with Crippen LogP contribution in [0.15, 0.2) is 29.2 Å². The average Bonchev–Trinajstić information content (AvgIpc) is 2.40. The fraction of sp³-hybridized carbons (Fsp3) is 0.538. The van der Waals surface area contributed by atoms with Crippen LogP contribution in [0, 0.1) is 0 Å². The zero-order valence-electron chi connectivity index (χ0n) is 11.0. The van der Waals surface area contributed by atoms with E-state index in [9.17, 15) is 8.42 Å². The normalized spacial score (nSPS) is 18.6. The van der Waals surface area contributed by atoms with Gasteiger partial charge in [0, 0.05) is 11.1 Å². The lowest BCUT2D eigenvalue weighted by Crippen LogP contribution is -2.44. The van der Waals surface area contributed by atoms with Gasteiger partial charge >= 0.3 is 0 Å². The summed E-state index contributed by atoms with van der Waals surface area (Å²) < 4.78 is 27.2. The maximum absolute atomic E-state index is 12.2. The molecule has 0 unspecified atom stereocenters. The zero-order chi connectivity index (χ0) is 13.9. The second-order valence-electron chi connectivity index (χ2n) is 4.78. The van der Waals surface area contributed by atoms with Crippen LogP contribution in [0.2, 0.25) is 5.02 Å². The highest BCUT2D eigenvalue weighted by Crippen LogP contribution is 2.17. The summed E-state index contributed by atoms with van der Waals surface area (Å²) in [6, 6.07) is 6.28. The molecule has 1 fully saturated rings. The van der Waals surface area contributed by atoms with E-state index in [0.717, 1.165) is 32.5 Å². The van der Waals surface area contributed by atoms with E-state index < -0.39 is 10.0 Å². The molecule has 1 aliphatic heterocycles. The van der Waals surface area contributed by atoms with Crippen molar-refractivity contribution in [1.29, 1.82) is 0 Å². The van der Waals surface area contributed by atoms with Crippen molar-refractivity contribution in [3.05, 3.63) is 29.3 Å². The van der Waals surface area contributed by atoms with Gasteiger partial charge in [0.2, 0.25) is 10.0 Å². The molecule has 0 aliphatic carbocycles. The first-order chi connectivity index (χ1) is 9.01. The number of piperidine rings is 1. The third-order valence-electron chi connectivity index (χ3n) is 3.48. The van der Waals surface area contributed by atoms with Gasteiger partial charge in [0.15, 0.2) is 0 Å². The number of nitrogens with zero attached hydrogens (tertiary/aromatic N) is 1. The first kappa shape index (κ1) is 14.8. The molecule has 0 radical (unpaired) electrons. The Morgan fingerprint density at radius 1 is 1.26 bits per heavy atom. The Labute approximate surface area is 119 Å². The van der Waals surface area contributed by atoms with Gasteiger partial charge in [-0.25, -0.2) is 13.1 Å². The summed E-state index contributed by atoms with van der Waals surface area (Å²) >= 11 is 5.76. The number of rotatable bonds is 4. The van der Waals surface area contributed by atoms with Crippen molar-refractivity contribution >= 4 is 21.6 Å². The molecule has 0 spiro atoms. The largest absolute Gasteiger partial charge is 0.303 e. The molecule has 19 heavy (non-hydrogen) atoms. The van der Waals surface area contributed by atoms with Gasteiger partial charge < -0.3 is 4.90 Å². The Morgan fingerprint density at radius 3 is 2.37 bits per heavy atom. The number of likely N-dealkylation sites (tertiary alicyclic amines) is 1. The van der Waals surface area contributed by atoms with Crippen molar-refractivity contribution in [2.75, 3.05) is 19.6 Å². The topological polar surface area (TPSA) is 49.4 Å². The summed E-state index contributed by atoms with van der Waals surface area (Å²) in [4.78, 5) is 2.60. The van der Waals surface area contributed by atoms with Gasteiger partial charge in [0.05, 0.1) is 4.90 Å². The SMILES string of the molecule is CCN1CCC(NS(=O)(=O)c2ccc(Cl)cc2)CC1. The van der Waals surface area contributed by atoms with E-state index >= 15 is 0 Å². The molecule has 1 N–H and O–H groups in total. The number of benzene rings is 1. The second-order valence-corrected chi connectivity index (χ2v) is 6.93. The molecule has 1 aliphatic rings. The summed E-state index contributed by atoms with van der Waals surface area (Å²) in [5.41, 5.74) is 0. The van der Waals surface area contributed by atoms with Crippen LogP contribution in [0.3, 0.4) is 0 Å². The minimum Gasteiger partial charge on any atom is -0.303 e. The summed E-state index contributed by atoms with van der Waals surface area (Å²) in [5, 5.41) is 0.537. The molecule has 6 heteroatoms. The van der Waals surface area contributed by atoms with Crippen LogP contribution >= 0.6 is 11.6 Å². The Bertz CT molecular complexity index is 508. The molecule has 0 bridgehead atoms. The van der Waals surface area contributed by atoms with Gasteiger partial charge in [0.1, 0.15) is 0 Å². The summed E-state index contributed by atoms with van der Waals surface area (Å²) in [6.45, 7) is 5.05. The molecule has 1 aromatic carbocycles. The third-order valence-corrected chi connectivity index (χ3v) is 5.27. The fourth-order valence-corrected chi connectivity index (χ4v) is 3.70. The van der Waals surface area contributed by atoms with Gasteiger partial charge in [0.25, 0.3) is 0 Å². The molecular weight excluding hydrogens is 284 g/mol. The number of halogens is 1. The van der Waals surface area contributed by atoms with Crippen molar-refractivity contribution in [2.24, 2.45) is 0 Å². The predicted octanol–water partition coefficient (Wildman–Crippen LogP) is 2.10. The van der Waals surface area contributed by atoms with Crippen molar-refractivity contribution in [3.8, 4) is 0 Å². The molecule has 106 valence electrons. The highest BCUT2D eigenvalue weighted by molar-refractivity contribution is 7.89. The monoisotopic (exact) mass is 302 g/mol. The number of hydrogen-bond acceptors (Lipinski definition) is 3. The van der Waals surface area contributed by atoms with Crippen LogP contribution in [0.25, 0.3) is 0 Å². The second kappa shape index (κ2) is 6.22. The number of nitrogens with one attached hydrogen (secondary N) is 1. The minimum atomic E-state index is -3.43. The van der Waals surface area contributed by atoms with E-state index in [0.29, 0.717) is 5.02 Å². The molecule has 1 aromatic rings. The molecule has 0 atom stereocenters. The third kappa shape index (κ3) is 3.92. The van der Waals surface area contributed by atoms with E-state index in [1.807, 2.05) is 0 Å². The van der Waals surface area contributed by atoms with E-state index in [1.165, 1.54) is 12.1 Å². The quantitative estimate of drug-likeness (QED) is 0.926. The smallest absolute Gasteiger partial charge is 0.240 e. The van der Waals surface area contributed by atoms with E-state index in [2.05, 4.69) is 16.5 Å². The number of sulfonamides is 1.